The second-order valence-electron chi connectivity index (χ2n) is 5.78. The highest BCUT2D eigenvalue weighted by atomic mass is 15.2. The van der Waals surface area contributed by atoms with Crippen molar-refractivity contribution in [2.24, 2.45) is 11.8 Å². The maximum Gasteiger partial charge on any atom is 0.00952 e. The Morgan fingerprint density at radius 3 is 2.44 bits per heavy atom. The molecule has 2 atom stereocenters. The summed E-state index contributed by atoms with van der Waals surface area (Å²) in [6.07, 6.45) is 7.28. The lowest BCUT2D eigenvalue weighted by molar-refractivity contribution is 0.134. The Hall–Kier alpha value is -0.0800. The zero-order valence-corrected chi connectivity index (χ0v) is 11.0. The summed E-state index contributed by atoms with van der Waals surface area (Å²) in [5.41, 5.74) is 0. The van der Waals surface area contributed by atoms with E-state index in [1.807, 2.05) is 0 Å². The lowest BCUT2D eigenvalue weighted by Gasteiger charge is -2.35. The van der Waals surface area contributed by atoms with Crippen LogP contribution in [0.5, 0.6) is 0 Å². The van der Waals surface area contributed by atoms with Crippen LogP contribution in [0.1, 0.15) is 46.0 Å². The number of nitrogens with one attached hydrogen (secondary N) is 1. The predicted octanol–water partition coefficient (Wildman–Crippen LogP) is 2.50. The van der Waals surface area contributed by atoms with Crippen LogP contribution >= 0.6 is 0 Å². The lowest BCUT2D eigenvalue weighted by Crippen LogP contribution is -2.41. The summed E-state index contributed by atoms with van der Waals surface area (Å²) in [5, 5.41) is 3.53. The second kappa shape index (κ2) is 6.02. The molecule has 16 heavy (non-hydrogen) atoms. The van der Waals surface area contributed by atoms with Crippen molar-refractivity contribution in [3.8, 4) is 0 Å². The topological polar surface area (TPSA) is 15.3 Å². The molecular formula is C14H28N2. The van der Waals surface area contributed by atoms with E-state index in [0.29, 0.717) is 0 Å². The lowest BCUT2D eigenvalue weighted by atomic mass is 9.91. The maximum absolute atomic E-state index is 3.53. The summed E-state index contributed by atoms with van der Waals surface area (Å²) < 4.78 is 0. The van der Waals surface area contributed by atoms with Crippen LogP contribution < -0.4 is 5.32 Å². The largest absolute Gasteiger partial charge is 0.316 e. The van der Waals surface area contributed by atoms with Gasteiger partial charge in [-0.2, -0.15) is 0 Å². The molecular weight excluding hydrogens is 196 g/mol. The van der Waals surface area contributed by atoms with Gasteiger partial charge in [0.1, 0.15) is 0 Å². The maximum atomic E-state index is 3.53. The zero-order valence-electron chi connectivity index (χ0n) is 11.0. The first kappa shape index (κ1) is 12.4. The van der Waals surface area contributed by atoms with Crippen LogP contribution in [0.15, 0.2) is 0 Å². The van der Waals surface area contributed by atoms with E-state index < -0.39 is 0 Å². The molecule has 1 heterocycles. The Bertz CT molecular complexity index is 199. The fourth-order valence-electron chi connectivity index (χ4n) is 3.39. The van der Waals surface area contributed by atoms with Gasteiger partial charge in [0.25, 0.3) is 0 Å². The Morgan fingerprint density at radius 2 is 1.88 bits per heavy atom. The SMILES string of the molecule is CCN(CC1CNCC1C)C1CCCCC1. The molecule has 2 aliphatic rings. The first-order valence-corrected chi connectivity index (χ1v) is 7.26. The molecule has 1 N–H and O–H groups in total. The molecule has 0 bridgehead atoms. The Labute approximate surface area is 101 Å². The van der Waals surface area contributed by atoms with E-state index in [9.17, 15) is 0 Å². The molecule has 0 aromatic heterocycles. The van der Waals surface area contributed by atoms with E-state index in [4.69, 9.17) is 0 Å². The minimum absolute atomic E-state index is 0.873. The minimum atomic E-state index is 0.873. The first-order chi connectivity index (χ1) is 7.81. The Kier molecular flexibility index (Phi) is 4.66. The van der Waals surface area contributed by atoms with E-state index in [1.54, 1.807) is 0 Å². The highest BCUT2D eigenvalue weighted by Crippen LogP contribution is 2.25. The van der Waals surface area contributed by atoms with E-state index in [1.165, 1.54) is 58.3 Å². The van der Waals surface area contributed by atoms with Crippen LogP contribution in [0.2, 0.25) is 0 Å². The third-order valence-corrected chi connectivity index (χ3v) is 4.64. The molecule has 0 aromatic rings. The molecule has 0 spiro atoms. The molecule has 0 radical (unpaired) electrons. The van der Waals surface area contributed by atoms with Crippen molar-refractivity contribution in [3.63, 3.8) is 0 Å². The van der Waals surface area contributed by atoms with E-state index in [0.717, 1.165) is 17.9 Å². The van der Waals surface area contributed by atoms with Crippen molar-refractivity contribution >= 4 is 0 Å². The molecule has 0 amide bonds. The van der Waals surface area contributed by atoms with Crippen LogP contribution in [-0.2, 0) is 0 Å². The predicted molar refractivity (Wildman–Crippen MR) is 69.6 cm³/mol. The van der Waals surface area contributed by atoms with Crippen LogP contribution in [0.25, 0.3) is 0 Å². The van der Waals surface area contributed by atoms with Crippen LogP contribution in [0.4, 0.5) is 0 Å². The summed E-state index contributed by atoms with van der Waals surface area (Å²) in [6.45, 7) is 9.78. The van der Waals surface area contributed by atoms with Crippen LogP contribution in [0.3, 0.4) is 0 Å². The van der Waals surface area contributed by atoms with Crippen molar-refractivity contribution in [1.29, 1.82) is 0 Å². The molecule has 2 rings (SSSR count). The van der Waals surface area contributed by atoms with E-state index >= 15 is 0 Å². The molecule has 2 unspecified atom stereocenters. The molecule has 1 saturated heterocycles. The van der Waals surface area contributed by atoms with Crippen molar-refractivity contribution in [3.05, 3.63) is 0 Å². The third-order valence-electron chi connectivity index (χ3n) is 4.64. The normalized spacial score (nSPS) is 32.4. The molecule has 2 fully saturated rings. The highest BCUT2D eigenvalue weighted by Gasteiger charge is 2.28. The van der Waals surface area contributed by atoms with Crippen LogP contribution in [0, 0.1) is 11.8 Å². The van der Waals surface area contributed by atoms with Crippen molar-refractivity contribution < 1.29 is 0 Å². The fraction of sp³-hybridized carbons (Fsp3) is 1.00. The third kappa shape index (κ3) is 2.98. The Morgan fingerprint density at radius 1 is 1.12 bits per heavy atom. The van der Waals surface area contributed by atoms with Gasteiger partial charge < -0.3 is 10.2 Å². The summed E-state index contributed by atoms with van der Waals surface area (Å²) in [5.74, 6) is 1.76. The van der Waals surface area contributed by atoms with Gasteiger partial charge in [0.15, 0.2) is 0 Å². The Balaban J connectivity index is 1.83. The van der Waals surface area contributed by atoms with Gasteiger partial charge in [-0.1, -0.05) is 33.1 Å². The molecule has 2 heteroatoms. The van der Waals surface area contributed by atoms with Crippen molar-refractivity contribution in [2.45, 2.75) is 52.0 Å². The molecule has 1 aliphatic carbocycles. The van der Waals surface area contributed by atoms with Gasteiger partial charge in [0, 0.05) is 12.6 Å². The summed E-state index contributed by atoms with van der Waals surface area (Å²) in [7, 11) is 0. The quantitative estimate of drug-likeness (QED) is 0.789. The summed E-state index contributed by atoms with van der Waals surface area (Å²) in [6, 6.07) is 0.895. The smallest absolute Gasteiger partial charge is 0.00952 e. The van der Waals surface area contributed by atoms with Gasteiger partial charge in [-0.25, -0.2) is 0 Å². The summed E-state index contributed by atoms with van der Waals surface area (Å²) >= 11 is 0. The molecule has 0 aromatic carbocycles. The highest BCUT2D eigenvalue weighted by molar-refractivity contribution is 4.83. The number of hydrogen-bond acceptors (Lipinski definition) is 2. The van der Waals surface area contributed by atoms with Gasteiger partial charge in [0.2, 0.25) is 0 Å². The molecule has 94 valence electrons. The fourth-order valence-corrected chi connectivity index (χ4v) is 3.39. The molecule has 1 saturated carbocycles. The van der Waals surface area contributed by atoms with Gasteiger partial charge in [-0.3, -0.25) is 0 Å². The van der Waals surface area contributed by atoms with Gasteiger partial charge in [0.05, 0.1) is 0 Å². The van der Waals surface area contributed by atoms with E-state index in [-0.39, 0.29) is 0 Å². The number of hydrogen-bond donors (Lipinski definition) is 1. The zero-order chi connectivity index (χ0) is 11.4. The standard InChI is InChI=1S/C14H28N2/c1-3-16(14-7-5-4-6-8-14)11-13-10-15-9-12(13)2/h12-15H,3-11H2,1-2H3. The van der Waals surface area contributed by atoms with Gasteiger partial charge >= 0.3 is 0 Å². The van der Waals surface area contributed by atoms with Crippen LogP contribution in [-0.4, -0.2) is 37.1 Å². The van der Waals surface area contributed by atoms with Crippen molar-refractivity contribution in [1.82, 2.24) is 10.2 Å². The second-order valence-corrected chi connectivity index (χ2v) is 5.78. The first-order valence-electron chi connectivity index (χ1n) is 7.26. The van der Waals surface area contributed by atoms with Gasteiger partial charge in [-0.15, -0.1) is 0 Å². The molecule has 2 nitrogen and oxygen atoms in total. The summed E-state index contributed by atoms with van der Waals surface area (Å²) in [4.78, 5) is 2.76. The monoisotopic (exact) mass is 224 g/mol. The van der Waals surface area contributed by atoms with Gasteiger partial charge in [-0.05, 0) is 44.3 Å². The average Bonchev–Trinajstić information content (AvgIpc) is 2.73. The van der Waals surface area contributed by atoms with Crippen molar-refractivity contribution in [2.75, 3.05) is 26.2 Å². The van der Waals surface area contributed by atoms with E-state index in [2.05, 4.69) is 24.1 Å². The number of rotatable bonds is 4. The number of nitrogens with zero attached hydrogens (tertiary/aromatic N) is 1. The minimum Gasteiger partial charge on any atom is -0.316 e. The average molecular weight is 224 g/mol. The molecule has 1 aliphatic heterocycles.